The minimum absolute atomic E-state index is 0.474. The van der Waals surface area contributed by atoms with Crippen LogP contribution in [0.15, 0.2) is 152 Å². The van der Waals surface area contributed by atoms with Crippen molar-refractivity contribution in [3.8, 4) is 44.9 Å². The molecule has 47 heavy (non-hydrogen) atoms. The highest BCUT2D eigenvalue weighted by atomic mass is 32.1. The summed E-state index contributed by atoms with van der Waals surface area (Å²) >= 11 is 1.86. The first kappa shape index (κ1) is 27.8. The highest BCUT2D eigenvalue weighted by molar-refractivity contribution is 7.26. The lowest BCUT2D eigenvalue weighted by molar-refractivity contribution is 0.427. The summed E-state index contributed by atoms with van der Waals surface area (Å²) in [6.45, 7) is 4.53. The molecule has 0 amide bonds. The van der Waals surface area contributed by atoms with Crippen LogP contribution >= 0.6 is 11.3 Å². The van der Waals surface area contributed by atoms with Gasteiger partial charge >= 0.3 is 0 Å². The maximum atomic E-state index is 6.69. The quantitative estimate of drug-likeness (QED) is 0.195. The van der Waals surface area contributed by atoms with Gasteiger partial charge in [0.05, 0.1) is 0 Å². The van der Waals surface area contributed by atoms with Gasteiger partial charge in [-0.3, -0.25) is 4.98 Å². The van der Waals surface area contributed by atoms with Crippen LogP contribution in [0.3, 0.4) is 0 Å². The van der Waals surface area contributed by atoms with Gasteiger partial charge in [0, 0.05) is 60.2 Å². The summed E-state index contributed by atoms with van der Waals surface area (Å²) in [7, 11) is 0. The highest BCUT2D eigenvalue weighted by Crippen LogP contribution is 2.54. The summed E-state index contributed by atoms with van der Waals surface area (Å²) in [5, 5.41) is 2.56. The van der Waals surface area contributed by atoms with E-state index in [2.05, 4.69) is 158 Å². The molecule has 2 nitrogen and oxygen atoms in total. The second-order valence-corrected chi connectivity index (χ2v) is 13.6. The number of nitrogens with zero attached hydrogens (tertiary/aromatic N) is 1. The van der Waals surface area contributed by atoms with Gasteiger partial charge in [-0.05, 0) is 89.7 Å². The third-order valence-corrected chi connectivity index (χ3v) is 11.1. The molecule has 0 aliphatic carbocycles. The van der Waals surface area contributed by atoms with Crippen molar-refractivity contribution in [3.05, 3.63) is 174 Å². The average molecular weight is 622 g/mol. The molecule has 0 radical (unpaired) electrons. The van der Waals surface area contributed by atoms with Gasteiger partial charge in [-0.25, -0.2) is 0 Å². The Morgan fingerprint density at radius 2 is 1.23 bits per heavy atom. The predicted molar refractivity (Wildman–Crippen MR) is 197 cm³/mol. The molecule has 0 unspecified atom stereocenters. The molecule has 0 N–H and O–H groups in total. The Labute approximate surface area is 278 Å². The number of aromatic nitrogens is 1. The molecule has 3 heteroatoms. The van der Waals surface area contributed by atoms with Crippen LogP contribution in [0.5, 0.6) is 11.5 Å². The highest BCUT2D eigenvalue weighted by Gasteiger charge is 2.40. The molecule has 0 bridgehead atoms. The van der Waals surface area contributed by atoms with Crippen molar-refractivity contribution in [2.45, 2.75) is 19.3 Å². The van der Waals surface area contributed by atoms with E-state index in [0.717, 1.165) is 11.5 Å². The fraction of sp³-hybridized carbons (Fsp3) is 0.0682. The van der Waals surface area contributed by atoms with Gasteiger partial charge in [0.2, 0.25) is 0 Å². The van der Waals surface area contributed by atoms with E-state index in [1.165, 1.54) is 75.8 Å². The van der Waals surface area contributed by atoms with Gasteiger partial charge in [0.1, 0.15) is 11.5 Å². The number of ether oxygens (including phenoxy) is 1. The number of hydrogen-bond acceptors (Lipinski definition) is 3. The monoisotopic (exact) mass is 621 g/mol. The van der Waals surface area contributed by atoms with E-state index in [-0.39, 0.29) is 0 Å². The minimum atomic E-state index is -0.474. The predicted octanol–water partition coefficient (Wildman–Crippen LogP) is 12.2. The summed E-state index contributed by atoms with van der Waals surface area (Å²) in [5.41, 5.74) is 11.5. The van der Waals surface area contributed by atoms with E-state index in [4.69, 9.17) is 4.74 Å². The van der Waals surface area contributed by atoms with Crippen molar-refractivity contribution < 1.29 is 4.74 Å². The van der Waals surface area contributed by atoms with Crippen LogP contribution in [0, 0.1) is 6.92 Å². The number of fused-ring (bicyclic) bond motifs is 5. The molecule has 1 aliphatic rings. The molecule has 0 spiro atoms. The second kappa shape index (κ2) is 10.8. The molecule has 0 saturated heterocycles. The Kier molecular flexibility index (Phi) is 6.38. The van der Waals surface area contributed by atoms with Crippen LogP contribution < -0.4 is 4.74 Å². The number of benzene rings is 6. The zero-order valence-electron chi connectivity index (χ0n) is 26.2. The molecule has 6 aromatic carbocycles. The molecule has 0 fully saturated rings. The SMILES string of the molecule is Cc1ccncc1-c1cccc2c1sc1ccc(C3(C)c4cc(-c5ccccc5)ccc4Oc4ccc(-c5ccccc5)cc43)cc12. The third-order valence-electron chi connectivity index (χ3n) is 9.87. The van der Waals surface area contributed by atoms with Crippen molar-refractivity contribution >= 4 is 31.5 Å². The Morgan fingerprint density at radius 1 is 0.574 bits per heavy atom. The zero-order valence-corrected chi connectivity index (χ0v) is 27.0. The smallest absolute Gasteiger partial charge is 0.131 e. The standard InChI is InChI=1S/C44H31NOS/c1-28-22-23-45-27-37(28)35-15-9-14-34-36-26-33(18-21-42(36)47-43(34)35)44(2)38-24-31(29-10-5-3-6-11-29)16-19-40(38)46-41-20-17-32(25-39(41)44)30-12-7-4-8-13-30/h3-27H,1-2H3. The van der Waals surface area contributed by atoms with E-state index in [1.54, 1.807) is 0 Å². The Hall–Kier alpha value is -5.51. The van der Waals surface area contributed by atoms with E-state index in [0.29, 0.717) is 0 Å². The van der Waals surface area contributed by atoms with E-state index in [1.807, 2.05) is 23.7 Å². The number of pyridine rings is 1. The van der Waals surface area contributed by atoms with Gasteiger partial charge in [0.25, 0.3) is 0 Å². The maximum absolute atomic E-state index is 6.69. The van der Waals surface area contributed by atoms with E-state index < -0.39 is 5.41 Å². The Balaban J connectivity index is 1.29. The average Bonchev–Trinajstić information content (AvgIpc) is 3.51. The van der Waals surface area contributed by atoms with Crippen molar-refractivity contribution in [1.82, 2.24) is 4.98 Å². The van der Waals surface area contributed by atoms with Gasteiger partial charge in [0.15, 0.2) is 0 Å². The lowest BCUT2D eigenvalue weighted by Crippen LogP contribution is -2.29. The second-order valence-electron chi connectivity index (χ2n) is 12.6. The van der Waals surface area contributed by atoms with Crippen LogP contribution in [0.4, 0.5) is 0 Å². The number of hydrogen-bond donors (Lipinski definition) is 0. The molecule has 2 aromatic heterocycles. The van der Waals surface area contributed by atoms with Crippen LogP contribution in [0.2, 0.25) is 0 Å². The molecule has 9 rings (SSSR count). The fourth-order valence-electron chi connectivity index (χ4n) is 7.28. The molecule has 0 saturated carbocycles. The van der Waals surface area contributed by atoms with Crippen molar-refractivity contribution in [3.63, 3.8) is 0 Å². The van der Waals surface area contributed by atoms with E-state index in [9.17, 15) is 0 Å². The number of rotatable bonds is 4. The van der Waals surface area contributed by atoms with Gasteiger partial charge < -0.3 is 4.74 Å². The molecule has 0 atom stereocenters. The normalized spacial score (nSPS) is 13.2. The summed E-state index contributed by atoms with van der Waals surface area (Å²) in [6, 6.07) is 50.4. The van der Waals surface area contributed by atoms with Crippen molar-refractivity contribution in [2.24, 2.45) is 0 Å². The fourth-order valence-corrected chi connectivity index (χ4v) is 8.49. The number of aryl methyl sites for hydroxylation is 1. The lowest BCUT2D eigenvalue weighted by atomic mass is 9.68. The first-order valence-electron chi connectivity index (χ1n) is 16.0. The Morgan fingerprint density at radius 3 is 1.87 bits per heavy atom. The van der Waals surface area contributed by atoms with Gasteiger partial charge in [-0.15, -0.1) is 11.3 Å². The number of thiophene rings is 1. The topological polar surface area (TPSA) is 22.1 Å². The molecule has 8 aromatic rings. The third kappa shape index (κ3) is 4.42. The van der Waals surface area contributed by atoms with Crippen LogP contribution in [-0.4, -0.2) is 4.98 Å². The first-order valence-corrected chi connectivity index (χ1v) is 16.8. The summed E-state index contributed by atoms with van der Waals surface area (Å²) in [4.78, 5) is 4.46. The summed E-state index contributed by atoms with van der Waals surface area (Å²) < 4.78 is 9.27. The van der Waals surface area contributed by atoms with Crippen molar-refractivity contribution in [2.75, 3.05) is 0 Å². The lowest BCUT2D eigenvalue weighted by Gasteiger charge is -2.39. The van der Waals surface area contributed by atoms with E-state index >= 15 is 0 Å². The molecule has 1 aliphatic heterocycles. The molecule has 3 heterocycles. The van der Waals surface area contributed by atoms with Crippen molar-refractivity contribution in [1.29, 1.82) is 0 Å². The van der Waals surface area contributed by atoms with Gasteiger partial charge in [-0.1, -0.05) is 97.1 Å². The molecular formula is C44H31NOS. The van der Waals surface area contributed by atoms with Crippen LogP contribution in [0.25, 0.3) is 53.6 Å². The molecule has 224 valence electrons. The van der Waals surface area contributed by atoms with Gasteiger partial charge in [-0.2, -0.15) is 0 Å². The van der Waals surface area contributed by atoms with Crippen LogP contribution in [-0.2, 0) is 5.41 Å². The largest absolute Gasteiger partial charge is 0.457 e. The first-order chi connectivity index (χ1) is 23.1. The Bertz CT molecular complexity index is 2370. The zero-order chi connectivity index (χ0) is 31.5. The minimum Gasteiger partial charge on any atom is -0.457 e. The maximum Gasteiger partial charge on any atom is 0.131 e. The summed E-state index contributed by atoms with van der Waals surface area (Å²) in [5.74, 6) is 1.80. The summed E-state index contributed by atoms with van der Waals surface area (Å²) in [6.07, 6.45) is 3.86. The molecular weight excluding hydrogens is 591 g/mol. The van der Waals surface area contributed by atoms with Crippen LogP contribution in [0.1, 0.15) is 29.2 Å².